The Labute approximate surface area is 189 Å². The molecule has 1 heterocycles. The van der Waals surface area contributed by atoms with Crippen LogP contribution < -0.4 is 14.8 Å². The van der Waals surface area contributed by atoms with Crippen molar-refractivity contribution in [1.82, 2.24) is 4.90 Å². The Kier molecular flexibility index (Phi) is 7.53. The smallest absolute Gasteiger partial charge is 0.294 e. The summed E-state index contributed by atoms with van der Waals surface area (Å²) in [5, 5.41) is 1.99. The summed E-state index contributed by atoms with van der Waals surface area (Å²) >= 11 is 0.758. The van der Waals surface area contributed by atoms with Crippen LogP contribution in [0.25, 0.3) is 6.08 Å². The molecule has 1 saturated heterocycles. The van der Waals surface area contributed by atoms with E-state index < -0.39 is 29.4 Å². The van der Waals surface area contributed by atoms with Gasteiger partial charge in [-0.3, -0.25) is 19.3 Å². The van der Waals surface area contributed by atoms with Gasteiger partial charge in [-0.1, -0.05) is 6.07 Å². The summed E-state index contributed by atoms with van der Waals surface area (Å²) in [6, 6.07) is 10.4. The van der Waals surface area contributed by atoms with Gasteiger partial charge in [-0.15, -0.1) is 0 Å². The summed E-state index contributed by atoms with van der Waals surface area (Å²) in [7, 11) is 0. The molecule has 2 aromatic rings. The molecule has 32 heavy (non-hydrogen) atoms. The zero-order chi connectivity index (χ0) is 23.3. The number of nitrogens with one attached hydrogen (secondary N) is 1. The minimum Gasteiger partial charge on any atom is -0.490 e. The third-order valence-electron chi connectivity index (χ3n) is 4.23. The van der Waals surface area contributed by atoms with Crippen molar-refractivity contribution < 1.29 is 28.2 Å². The third kappa shape index (κ3) is 5.88. The number of thioether (sulfide) groups is 1. The molecule has 9 heteroatoms. The van der Waals surface area contributed by atoms with Crippen molar-refractivity contribution in [2.75, 3.05) is 18.5 Å². The number of carbonyl (C=O) groups excluding carboxylic acids is 3. The molecule has 1 N–H and O–H groups in total. The molecule has 3 amide bonds. The molecule has 3 rings (SSSR count). The average molecular weight is 459 g/mol. The predicted octanol–water partition coefficient (Wildman–Crippen LogP) is 4.69. The van der Waals surface area contributed by atoms with Crippen molar-refractivity contribution in [3.63, 3.8) is 0 Å². The first-order valence-corrected chi connectivity index (χ1v) is 10.8. The monoisotopic (exact) mass is 458 g/mol. The number of carbonyl (C=O) groups is 3. The van der Waals surface area contributed by atoms with E-state index in [0.29, 0.717) is 29.4 Å². The summed E-state index contributed by atoms with van der Waals surface area (Å²) in [6.45, 7) is 5.67. The lowest BCUT2D eigenvalue weighted by atomic mass is 10.1. The Morgan fingerprint density at radius 2 is 1.88 bits per heavy atom. The van der Waals surface area contributed by atoms with E-state index >= 15 is 0 Å². The van der Waals surface area contributed by atoms with E-state index in [2.05, 4.69) is 5.32 Å². The SMILES string of the molecule is CCOc1cc(C=C2SC(=O)N(CC(=O)Nc3ccc(F)cc3)C2=O)ccc1OC(C)C. The molecule has 1 aliphatic rings. The van der Waals surface area contributed by atoms with Crippen LogP contribution in [0.4, 0.5) is 14.9 Å². The first kappa shape index (κ1) is 23.3. The molecule has 0 atom stereocenters. The lowest BCUT2D eigenvalue weighted by Crippen LogP contribution is -2.36. The highest BCUT2D eigenvalue weighted by molar-refractivity contribution is 8.18. The Morgan fingerprint density at radius 1 is 1.16 bits per heavy atom. The zero-order valence-corrected chi connectivity index (χ0v) is 18.7. The number of nitrogens with zero attached hydrogens (tertiary/aromatic N) is 1. The molecule has 7 nitrogen and oxygen atoms in total. The van der Waals surface area contributed by atoms with E-state index in [0.717, 1.165) is 16.7 Å². The number of halogens is 1. The molecule has 0 aliphatic carbocycles. The number of rotatable bonds is 8. The van der Waals surface area contributed by atoms with E-state index in [1.807, 2.05) is 20.8 Å². The normalized spacial score (nSPS) is 14.9. The number of hydrogen-bond acceptors (Lipinski definition) is 6. The molecule has 0 saturated carbocycles. The average Bonchev–Trinajstić information content (AvgIpc) is 2.99. The zero-order valence-electron chi connectivity index (χ0n) is 17.9. The molecule has 0 bridgehead atoms. The second-order valence-corrected chi connectivity index (χ2v) is 8.12. The van der Waals surface area contributed by atoms with Crippen molar-refractivity contribution in [2.45, 2.75) is 26.9 Å². The van der Waals surface area contributed by atoms with Crippen LogP contribution in [0, 0.1) is 5.82 Å². The summed E-state index contributed by atoms with van der Waals surface area (Å²) in [4.78, 5) is 38.3. The van der Waals surface area contributed by atoms with Gasteiger partial charge in [-0.25, -0.2) is 4.39 Å². The molecular formula is C23H23FN2O5S. The summed E-state index contributed by atoms with van der Waals surface area (Å²) in [5.74, 6) is -0.434. The molecule has 0 aromatic heterocycles. The number of ether oxygens (including phenoxy) is 2. The minimum atomic E-state index is -0.561. The third-order valence-corrected chi connectivity index (χ3v) is 5.14. The number of amides is 3. The van der Waals surface area contributed by atoms with Crippen molar-refractivity contribution in [3.8, 4) is 11.5 Å². The van der Waals surface area contributed by atoms with Gasteiger partial charge < -0.3 is 14.8 Å². The quantitative estimate of drug-likeness (QED) is 0.578. The number of imide groups is 1. The fourth-order valence-electron chi connectivity index (χ4n) is 2.90. The predicted molar refractivity (Wildman–Crippen MR) is 121 cm³/mol. The Hall–Kier alpha value is -3.33. The number of benzene rings is 2. The fraction of sp³-hybridized carbons (Fsp3) is 0.261. The van der Waals surface area contributed by atoms with E-state index in [1.165, 1.54) is 24.3 Å². The minimum absolute atomic E-state index is 0.0300. The van der Waals surface area contributed by atoms with Gasteiger partial charge in [0.05, 0.1) is 17.6 Å². The molecule has 2 aromatic carbocycles. The lowest BCUT2D eigenvalue weighted by molar-refractivity contribution is -0.127. The van der Waals surface area contributed by atoms with Gasteiger partial charge in [-0.05, 0) is 80.6 Å². The molecule has 1 aliphatic heterocycles. The van der Waals surface area contributed by atoms with Crippen LogP contribution in [0.3, 0.4) is 0 Å². The first-order chi connectivity index (χ1) is 15.3. The van der Waals surface area contributed by atoms with Gasteiger partial charge in [0.25, 0.3) is 11.1 Å². The van der Waals surface area contributed by atoms with Crippen LogP contribution in [0.2, 0.25) is 0 Å². The summed E-state index contributed by atoms with van der Waals surface area (Å²) in [6.07, 6.45) is 1.54. The second-order valence-electron chi connectivity index (χ2n) is 7.13. The standard InChI is InChI=1S/C23H23FN2O5S/c1-4-30-19-11-15(5-10-18(19)31-14(2)3)12-20-22(28)26(23(29)32-20)13-21(27)25-17-8-6-16(24)7-9-17/h5-12,14H,4,13H2,1-3H3,(H,25,27). The molecule has 168 valence electrons. The maximum Gasteiger partial charge on any atom is 0.294 e. The van der Waals surface area contributed by atoms with Crippen LogP contribution in [-0.4, -0.2) is 41.2 Å². The van der Waals surface area contributed by atoms with E-state index in [-0.39, 0.29) is 11.0 Å². The van der Waals surface area contributed by atoms with Crippen LogP contribution in [0.15, 0.2) is 47.4 Å². The summed E-state index contributed by atoms with van der Waals surface area (Å²) < 4.78 is 24.3. The van der Waals surface area contributed by atoms with Gasteiger partial charge in [0, 0.05) is 5.69 Å². The Balaban J connectivity index is 1.72. The first-order valence-electron chi connectivity index (χ1n) is 10.0. The van der Waals surface area contributed by atoms with E-state index in [1.54, 1.807) is 24.3 Å². The maximum absolute atomic E-state index is 13.0. The second kappa shape index (κ2) is 10.3. The van der Waals surface area contributed by atoms with Gasteiger partial charge in [0.15, 0.2) is 11.5 Å². The van der Waals surface area contributed by atoms with Gasteiger partial charge in [-0.2, -0.15) is 0 Å². The molecule has 1 fully saturated rings. The van der Waals surface area contributed by atoms with Crippen molar-refractivity contribution >= 4 is 40.6 Å². The van der Waals surface area contributed by atoms with E-state index in [4.69, 9.17) is 9.47 Å². The van der Waals surface area contributed by atoms with Gasteiger partial charge in [0.2, 0.25) is 5.91 Å². The highest BCUT2D eigenvalue weighted by atomic mass is 32.2. The molecule has 0 radical (unpaired) electrons. The van der Waals surface area contributed by atoms with Crippen LogP contribution in [0.1, 0.15) is 26.3 Å². The van der Waals surface area contributed by atoms with Crippen molar-refractivity contribution in [3.05, 3.63) is 58.8 Å². The topological polar surface area (TPSA) is 84.9 Å². The molecule has 0 unspecified atom stereocenters. The Bertz CT molecular complexity index is 1050. The van der Waals surface area contributed by atoms with Crippen molar-refractivity contribution in [2.24, 2.45) is 0 Å². The molecular weight excluding hydrogens is 435 g/mol. The molecule has 0 spiro atoms. The van der Waals surface area contributed by atoms with Crippen LogP contribution in [-0.2, 0) is 9.59 Å². The lowest BCUT2D eigenvalue weighted by Gasteiger charge is -2.15. The number of hydrogen-bond donors (Lipinski definition) is 1. The largest absolute Gasteiger partial charge is 0.490 e. The van der Waals surface area contributed by atoms with Gasteiger partial charge >= 0.3 is 0 Å². The van der Waals surface area contributed by atoms with Crippen LogP contribution >= 0.6 is 11.8 Å². The van der Waals surface area contributed by atoms with Gasteiger partial charge in [0.1, 0.15) is 12.4 Å². The highest BCUT2D eigenvalue weighted by Crippen LogP contribution is 2.35. The fourth-order valence-corrected chi connectivity index (χ4v) is 3.74. The highest BCUT2D eigenvalue weighted by Gasteiger charge is 2.36. The van der Waals surface area contributed by atoms with E-state index in [9.17, 15) is 18.8 Å². The number of anilines is 1. The van der Waals surface area contributed by atoms with Crippen LogP contribution in [0.5, 0.6) is 11.5 Å². The maximum atomic E-state index is 13.0. The van der Waals surface area contributed by atoms with Crippen molar-refractivity contribution in [1.29, 1.82) is 0 Å². The Morgan fingerprint density at radius 3 is 2.53 bits per heavy atom. The summed E-state index contributed by atoms with van der Waals surface area (Å²) in [5.41, 5.74) is 1.02.